The van der Waals surface area contributed by atoms with Gasteiger partial charge in [0, 0.05) is 27.3 Å². The number of nitrogen functional groups attached to an aromatic ring is 1. The average molecular weight is 557 g/mol. The Labute approximate surface area is 192 Å². The topological polar surface area (TPSA) is 145 Å². The maximum absolute atomic E-state index is 10.2. The van der Waals surface area contributed by atoms with Crippen molar-refractivity contribution < 1.29 is 24.9 Å². The largest absolute Gasteiger partial charge is 0.480 e. The second-order valence-electron chi connectivity index (χ2n) is 6.69. The van der Waals surface area contributed by atoms with Crippen LogP contribution in [0.25, 0.3) is 0 Å². The summed E-state index contributed by atoms with van der Waals surface area (Å²) in [5.74, 6) is -2.11. The summed E-state index contributed by atoms with van der Waals surface area (Å²) >= 11 is 10.7. The Morgan fingerprint density at radius 1 is 1.21 bits per heavy atom. The number of nitrogens with two attached hydrogens (primary N) is 1. The molecule has 0 aromatic heterocycles. The fraction of sp³-hybridized carbons (Fsp3) is 0.556. The van der Waals surface area contributed by atoms with Gasteiger partial charge in [0.2, 0.25) is 0 Å². The van der Waals surface area contributed by atoms with Gasteiger partial charge in [0.25, 0.3) is 0 Å². The zero-order valence-electron chi connectivity index (χ0n) is 15.8. The molecule has 1 aliphatic rings. The van der Waals surface area contributed by atoms with Crippen LogP contribution < -0.4 is 16.4 Å². The van der Waals surface area contributed by atoms with E-state index in [4.69, 9.17) is 15.9 Å². The molecule has 1 atom stereocenters. The van der Waals surface area contributed by atoms with E-state index in [1.54, 1.807) is 0 Å². The third kappa shape index (κ3) is 10.1. The van der Waals surface area contributed by atoms with Gasteiger partial charge in [-0.25, -0.2) is 0 Å². The normalized spacial score (nSPS) is 19.7. The molecule has 0 amide bonds. The first kappa shape index (κ1) is 26.2. The van der Waals surface area contributed by atoms with Crippen LogP contribution in [0.1, 0.15) is 31.2 Å². The quantitative estimate of drug-likeness (QED) is 0.191. The molecular weight excluding hydrogens is 530 g/mol. The Kier molecular flexibility index (Phi) is 12.1. The van der Waals surface area contributed by atoms with Gasteiger partial charge in [-0.3, -0.25) is 14.9 Å². The number of nitrogens with one attached hydrogen (secondary N) is 2. The average Bonchev–Trinajstić information content (AvgIpc) is 2.65. The number of rotatable bonds is 8. The van der Waals surface area contributed by atoms with Gasteiger partial charge >= 0.3 is 11.9 Å². The van der Waals surface area contributed by atoms with Crippen LogP contribution in [0.5, 0.6) is 0 Å². The zero-order chi connectivity index (χ0) is 22.0. The molecule has 29 heavy (non-hydrogen) atoms. The molecule has 0 bridgehead atoms. The predicted molar refractivity (Wildman–Crippen MR) is 122 cm³/mol. The Hall–Kier alpha value is -0.850. The van der Waals surface area contributed by atoms with Crippen molar-refractivity contribution in [1.29, 1.82) is 0 Å². The smallest absolute Gasteiger partial charge is 0.321 e. The summed E-state index contributed by atoms with van der Waals surface area (Å²) in [5.41, 5.74) is 7.93. The molecule has 0 radical (unpaired) electrons. The van der Waals surface area contributed by atoms with Crippen molar-refractivity contribution in [3.05, 3.63) is 26.6 Å². The molecule has 1 saturated carbocycles. The number of aliphatic carboxylic acids is 2. The highest BCUT2D eigenvalue weighted by Gasteiger charge is 2.19. The van der Waals surface area contributed by atoms with E-state index < -0.39 is 18.0 Å². The first-order valence-electron chi connectivity index (χ1n) is 9.07. The summed E-state index contributed by atoms with van der Waals surface area (Å²) in [6.45, 7) is 0.405. The minimum Gasteiger partial charge on any atom is -0.480 e. The Morgan fingerprint density at radius 3 is 2.34 bits per heavy atom. The van der Waals surface area contributed by atoms with Crippen molar-refractivity contribution in [2.45, 2.75) is 50.4 Å². The molecule has 8 nitrogen and oxygen atoms in total. The van der Waals surface area contributed by atoms with Crippen LogP contribution in [-0.4, -0.2) is 57.7 Å². The summed E-state index contributed by atoms with van der Waals surface area (Å²) < 4.78 is 1.95. The van der Waals surface area contributed by atoms with Crippen LogP contribution in [-0.2, 0) is 16.1 Å². The van der Waals surface area contributed by atoms with E-state index in [1.807, 2.05) is 12.1 Å². The van der Waals surface area contributed by atoms with Crippen LogP contribution >= 0.6 is 44.5 Å². The molecule has 0 heterocycles. The van der Waals surface area contributed by atoms with Crippen molar-refractivity contribution >= 4 is 62.1 Å². The van der Waals surface area contributed by atoms with Crippen molar-refractivity contribution in [3.63, 3.8) is 0 Å². The van der Waals surface area contributed by atoms with Crippen LogP contribution in [0.15, 0.2) is 21.1 Å². The standard InChI is InChI=1S/C13H18Br2N2O.C5H9NO4S/c14-9-5-8(13(16)12(15)6-9)7-17-10-1-3-11(18)4-2-10;7-4(8)1-6-3(2-11)5(9)10/h5-6,10-11,17-18H,1-4,7,16H2;3,6,11H,1-2H2,(H,7,8)(H,9,10). The van der Waals surface area contributed by atoms with Gasteiger partial charge in [0.05, 0.1) is 18.3 Å². The maximum Gasteiger partial charge on any atom is 0.321 e. The molecule has 1 aromatic carbocycles. The molecule has 0 saturated heterocycles. The first-order chi connectivity index (χ1) is 13.6. The second-order valence-corrected chi connectivity index (χ2v) is 8.83. The molecule has 164 valence electrons. The van der Waals surface area contributed by atoms with Gasteiger partial charge in [-0.05, 0) is 59.3 Å². The van der Waals surface area contributed by atoms with Gasteiger partial charge in [-0.1, -0.05) is 15.9 Å². The van der Waals surface area contributed by atoms with Gasteiger partial charge in [-0.2, -0.15) is 12.6 Å². The SMILES string of the molecule is Nc1c(Br)cc(Br)cc1CNC1CCC(O)CC1.O=C(O)CNC(CS)C(=O)O. The highest BCUT2D eigenvalue weighted by atomic mass is 79.9. The number of anilines is 1. The number of benzene rings is 1. The van der Waals surface area contributed by atoms with Crippen LogP contribution in [0.4, 0.5) is 5.69 Å². The summed E-state index contributed by atoms with van der Waals surface area (Å²) in [4.78, 5) is 20.2. The third-order valence-corrected chi connectivity index (χ3v) is 5.92. The summed E-state index contributed by atoms with van der Waals surface area (Å²) in [5, 5.41) is 31.8. The van der Waals surface area contributed by atoms with E-state index >= 15 is 0 Å². The van der Waals surface area contributed by atoms with Gasteiger partial charge in [0.15, 0.2) is 0 Å². The second kappa shape index (κ2) is 13.5. The van der Waals surface area contributed by atoms with Crippen molar-refractivity contribution in [3.8, 4) is 0 Å². The van der Waals surface area contributed by atoms with E-state index in [-0.39, 0.29) is 18.4 Å². The zero-order valence-corrected chi connectivity index (χ0v) is 19.8. The van der Waals surface area contributed by atoms with Crippen molar-refractivity contribution in [2.24, 2.45) is 0 Å². The Bertz CT molecular complexity index is 688. The van der Waals surface area contributed by atoms with Crippen LogP contribution in [0, 0.1) is 0 Å². The molecule has 2 rings (SSSR count). The fourth-order valence-corrected chi connectivity index (χ4v) is 4.36. The Balaban J connectivity index is 0.000000331. The predicted octanol–water partition coefficient (Wildman–Crippen LogP) is 2.23. The molecule has 1 unspecified atom stereocenters. The van der Waals surface area contributed by atoms with Crippen molar-refractivity contribution in [1.82, 2.24) is 10.6 Å². The highest BCUT2D eigenvalue weighted by molar-refractivity contribution is 9.11. The lowest BCUT2D eigenvalue weighted by Crippen LogP contribution is -2.40. The van der Waals surface area contributed by atoms with Gasteiger partial charge < -0.3 is 26.4 Å². The molecule has 1 aliphatic carbocycles. The lowest BCUT2D eigenvalue weighted by Gasteiger charge is -2.26. The van der Waals surface area contributed by atoms with E-state index in [0.717, 1.165) is 52.4 Å². The van der Waals surface area contributed by atoms with E-state index in [2.05, 4.69) is 55.1 Å². The fourth-order valence-electron chi connectivity index (χ4n) is 2.76. The van der Waals surface area contributed by atoms with E-state index in [9.17, 15) is 14.7 Å². The number of aliphatic hydroxyl groups excluding tert-OH is 1. The van der Waals surface area contributed by atoms with E-state index in [1.165, 1.54) is 0 Å². The number of aliphatic hydroxyl groups is 1. The number of thiol groups is 1. The molecule has 1 fully saturated rings. The number of carboxylic acid groups (broad SMARTS) is 2. The lowest BCUT2D eigenvalue weighted by atomic mass is 9.93. The van der Waals surface area contributed by atoms with Crippen LogP contribution in [0.3, 0.4) is 0 Å². The van der Waals surface area contributed by atoms with Gasteiger partial charge in [0.1, 0.15) is 6.04 Å². The number of carboxylic acids is 2. The molecule has 0 spiro atoms. The molecule has 7 N–H and O–H groups in total. The van der Waals surface area contributed by atoms with E-state index in [0.29, 0.717) is 6.04 Å². The first-order valence-corrected chi connectivity index (χ1v) is 11.3. The maximum atomic E-state index is 10.2. The van der Waals surface area contributed by atoms with Crippen LogP contribution in [0.2, 0.25) is 0 Å². The number of hydrogen-bond donors (Lipinski definition) is 7. The van der Waals surface area contributed by atoms with Gasteiger partial charge in [-0.15, -0.1) is 0 Å². The number of hydrogen-bond acceptors (Lipinski definition) is 7. The summed E-state index contributed by atoms with van der Waals surface area (Å²) in [6.07, 6.45) is 3.77. The Morgan fingerprint density at radius 2 is 1.83 bits per heavy atom. The number of carbonyl (C=O) groups is 2. The minimum absolute atomic E-state index is 0.0720. The third-order valence-electron chi connectivity index (χ3n) is 4.44. The summed E-state index contributed by atoms with van der Waals surface area (Å²) in [6, 6.07) is 3.60. The molecular formula is C18H27Br2N3O5S. The monoisotopic (exact) mass is 555 g/mol. The molecule has 11 heteroatoms. The van der Waals surface area contributed by atoms with Crippen molar-refractivity contribution in [2.75, 3.05) is 18.0 Å². The highest BCUT2D eigenvalue weighted by Crippen LogP contribution is 2.28. The summed E-state index contributed by atoms with van der Waals surface area (Å²) in [7, 11) is 0. The minimum atomic E-state index is -1.10. The molecule has 0 aliphatic heterocycles. The lowest BCUT2D eigenvalue weighted by molar-refractivity contribution is -0.139. The number of halogens is 2. The molecule has 1 aromatic rings.